The molecule has 0 radical (unpaired) electrons. The third-order valence-electron chi connectivity index (χ3n) is 7.43. The summed E-state index contributed by atoms with van der Waals surface area (Å²) >= 11 is 0. The zero-order valence-corrected chi connectivity index (χ0v) is 26.8. The van der Waals surface area contributed by atoms with Gasteiger partial charge in [-0.05, 0) is 57.1 Å². The van der Waals surface area contributed by atoms with Crippen molar-refractivity contribution in [3.8, 4) is 11.1 Å². The first-order valence-corrected chi connectivity index (χ1v) is 16.1. The number of likely N-dealkylation sites (tertiary alicyclic amines) is 1. The Morgan fingerprint density at radius 2 is 1.80 bits per heavy atom. The molecule has 2 heterocycles. The number of methoxy groups -OCH3 is 1. The minimum absolute atomic E-state index is 0. The van der Waals surface area contributed by atoms with E-state index in [1.54, 1.807) is 23.4 Å². The first kappa shape index (κ1) is 35.2. The smallest absolute Gasteiger partial charge is 0.250 e. The van der Waals surface area contributed by atoms with Crippen molar-refractivity contribution >= 4 is 39.9 Å². The first-order chi connectivity index (χ1) is 20.8. The van der Waals surface area contributed by atoms with Crippen molar-refractivity contribution in [1.29, 1.82) is 0 Å². The van der Waals surface area contributed by atoms with Crippen LogP contribution in [-0.4, -0.2) is 81.2 Å². The number of H-pyrrole nitrogens is 1. The van der Waals surface area contributed by atoms with E-state index < -0.39 is 22.0 Å². The lowest BCUT2D eigenvalue weighted by Gasteiger charge is -2.31. The number of carbonyl (C=O) groups is 2. The normalized spacial score (nSPS) is 14.1. The Labute approximate surface area is 265 Å². The van der Waals surface area contributed by atoms with Gasteiger partial charge in [0.2, 0.25) is 21.8 Å². The molecule has 1 unspecified atom stereocenters. The van der Waals surface area contributed by atoms with Crippen LogP contribution in [0.15, 0.2) is 59.8 Å². The van der Waals surface area contributed by atoms with Gasteiger partial charge in [-0.15, -0.1) is 12.4 Å². The highest BCUT2D eigenvalue weighted by Gasteiger charge is 2.32. The summed E-state index contributed by atoms with van der Waals surface area (Å²) in [4.78, 5) is 35.6. The standard InChI is InChI=1S/C31H41N5O6S.ClH/c1-23-26(33-22-32-23)14-10-15-27(31(38)36-17-7-4-8-18-36)35-43(39,40)28-16-9-13-25(24-11-5-3-6-12-24)30(28)34-29(37)21-42-20-19-41-2;/h3,5-6,9,11-13,16,22,27,35H,4,7-8,10,14-15,17-21H2,1-2H3,(H,32,33)(H,34,37);1H. The molecule has 0 bridgehead atoms. The van der Waals surface area contributed by atoms with E-state index in [1.807, 2.05) is 37.3 Å². The molecule has 0 spiro atoms. The molecule has 1 aromatic heterocycles. The molecule has 44 heavy (non-hydrogen) atoms. The molecule has 0 aliphatic carbocycles. The number of aromatic nitrogens is 2. The molecule has 3 N–H and O–H groups in total. The maximum absolute atomic E-state index is 14.1. The van der Waals surface area contributed by atoms with Crippen molar-refractivity contribution in [1.82, 2.24) is 19.6 Å². The number of hydrogen-bond acceptors (Lipinski definition) is 7. The van der Waals surface area contributed by atoms with Gasteiger partial charge in [0, 0.05) is 31.5 Å². The van der Waals surface area contributed by atoms with Crippen LogP contribution in [0.3, 0.4) is 0 Å². The Morgan fingerprint density at radius 3 is 2.48 bits per heavy atom. The second-order valence-electron chi connectivity index (χ2n) is 10.6. The van der Waals surface area contributed by atoms with E-state index in [9.17, 15) is 18.0 Å². The molecule has 2 amide bonds. The second-order valence-corrected chi connectivity index (χ2v) is 12.2. The summed E-state index contributed by atoms with van der Waals surface area (Å²) in [5.74, 6) is -0.746. The third-order valence-corrected chi connectivity index (χ3v) is 8.95. The number of rotatable bonds is 15. The van der Waals surface area contributed by atoms with E-state index in [1.165, 1.54) is 13.2 Å². The third kappa shape index (κ3) is 9.60. The number of sulfonamides is 1. The van der Waals surface area contributed by atoms with Crippen molar-refractivity contribution in [2.45, 2.75) is 56.4 Å². The van der Waals surface area contributed by atoms with E-state index in [2.05, 4.69) is 20.0 Å². The highest BCUT2D eigenvalue weighted by molar-refractivity contribution is 7.89. The largest absolute Gasteiger partial charge is 0.382 e. The molecule has 1 saturated heterocycles. The number of anilines is 1. The van der Waals surface area contributed by atoms with Gasteiger partial charge in [0.1, 0.15) is 17.5 Å². The van der Waals surface area contributed by atoms with Crippen molar-refractivity contribution in [3.63, 3.8) is 0 Å². The number of benzene rings is 2. The van der Waals surface area contributed by atoms with E-state index >= 15 is 0 Å². The molecule has 1 atom stereocenters. The molecule has 11 nitrogen and oxygen atoms in total. The second kappa shape index (κ2) is 17.3. The number of halogens is 1. The van der Waals surface area contributed by atoms with Gasteiger partial charge in [-0.1, -0.05) is 42.5 Å². The molecule has 2 aromatic carbocycles. The quantitative estimate of drug-likeness (QED) is 0.211. The Kier molecular flexibility index (Phi) is 13.8. The zero-order valence-electron chi connectivity index (χ0n) is 25.2. The van der Waals surface area contributed by atoms with Crippen molar-refractivity contribution in [3.05, 3.63) is 66.2 Å². The molecule has 4 rings (SSSR count). The number of imidazole rings is 1. The molecule has 1 aliphatic heterocycles. The van der Waals surface area contributed by atoms with Gasteiger partial charge in [-0.25, -0.2) is 13.4 Å². The number of ether oxygens (including phenoxy) is 2. The minimum atomic E-state index is -4.27. The topological polar surface area (TPSA) is 143 Å². The van der Waals surface area contributed by atoms with Crippen LogP contribution in [0.1, 0.15) is 43.5 Å². The number of para-hydroxylation sites is 1. The summed E-state index contributed by atoms with van der Waals surface area (Å²) in [7, 11) is -2.73. The number of carbonyl (C=O) groups excluding carboxylic acids is 2. The number of aryl methyl sites for hydroxylation is 2. The highest BCUT2D eigenvalue weighted by Crippen LogP contribution is 2.34. The first-order valence-electron chi connectivity index (χ1n) is 14.6. The zero-order chi connectivity index (χ0) is 30.7. The lowest BCUT2D eigenvalue weighted by molar-refractivity contribution is -0.134. The van der Waals surface area contributed by atoms with Crippen molar-refractivity contribution in [2.24, 2.45) is 0 Å². The summed E-state index contributed by atoms with van der Waals surface area (Å²) in [6.07, 6.45) is 5.91. The molecule has 240 valence electrons. The monoisotopic (exact) mass is 647 g/mol. The van der Waals surface area contributed by atoms with Gasteiger partial charge in [0.05, 0.1) is 30.9 Å². The van der Waals surface area contributed by atoms with Crippen molar-refractivity contribution in [2.75, 3.05) is 45.3 Å². The fraction of sp³-hybridized carbons (Fsp3) is 0.452. The Hall–Kier alpha value is -3.29. The fourth-order valence-corrected chi connectivity index (χ4v) is 6.56. The molecule has 3 aromatic rings. The minimum Gasteiger partial charge on any atom is -0.382 e. The lowest BCUT2D eigenvalue weighted by atomic mass is 10.0. The van der Waals surface area contributed by atoms with Gasteiger partial charge in [-0.3, -0.25) is 9.59 Å². The average molecular weight is 648 g/mol. The van der Waals surface area contributed by atoms with E-state index in [0.717, 1.165) is 36.2 Å². The summed E-state index contributed by atoms with van der Waals surface area (Å²) < 4.78 is 41.2. The van der Waals surface area contributed by atoms with Crippen LogP contribution in [0, 0.1) is 6.92 Å². The predicted octanol–water partition coefficient (Wildman–Crippen LogP) is 4.09. The highest BCUT2D eigenvalue weighted by atomic mass is 35.5. The SMILES string of the molecule is COCCOCC(=O)Nc1c(-c2ccccc2)cccc1S(=O)(=O)NC(CCCc1nc[nH]c1C)C(=O)N1CCCCC1.Cl. The summed E-state index contributed by atoms with van der Waals surface area (Å²) in [5, 5.41) is 2.76. The summed E-state index contributed by atoms with van der Waals surface area (Å²) in [6.45, 7) is 3.40. The molecular formula is C31H42ClN5O6S. The van der Waals surface area contributed by atoms with Crippen LogP contribution >= 0.6 is 12.4 Å². The Morgan fingerprint density at radius 1 is 1.05 bits per heavy atom. The summed E-state index contributed by atoms with van der Waals surface area (Å²) in [5.41, 5.74) is 3.22. The number of nitrogens with zero attached hydrogens (tertiary/aromatic N) is 2. The van der Waals surface area contributed by atoms with Crippen molar-refractivity contribution < 1.29 is 27.5 Å². The lowest BCUT2D eigenvalue weighted by Crippen LogP contribution is -2.50. The molecular weight excluding hydrogens is 606 g/mol. The van der Waals surface area contributed by atoms with Gasteiger partial charge in [0.25, 0.3) is 0 Å². The van der Waals surface area contributed by atoms with Gasteiger partial charge in [0.15, 0.2) is 0 Å². The Bertz CT molecular complexity index is 1460. The maximum atomic E-state index is 14.1. The maximum Gasteiger partial charge on any atom is 0.250 e. The van der Waals surface area contributed by atoms with Crippen LogP contribution in [0.25, 0.3) is 11.1 Å². The van der Waals surface area contributed by atoms with Crippen LogP contribution in [0.5, 0.6) is 0 Å². The average Bonchev–Trinajstić information content (AvgIpc) is 3.43. The molecule has 13 heteroatoms. The number of nitrogens with one attached hydrogen (secondary N) is 3. The van der Waals surface area contributed by atoms with Gasteiger partial charge >= 0.3 is 0 Å². The predicted molar refractivity (Wildman–Crippen MR) is 171 cm³/mol. The molecule has 1 fully saturated rings. The number of hydrogen-bond donors (Lipinski definition) is 3. The van der Waals surface area contributed by atoms with E-state index in [-0.39, 0.29) is 42.1 Å². The van der Waals surface area contributed by atoms with E-state index in [0.29, 0.717) is 44.5 Å². The summed E-state index contributed by atoms with van der Waals surface area (Å²) in [6, 6.07) is 13.0. The Balaban J connectivity index is 0.00000529. The fourth-order valence-electron chi connectivity index (χ4n) is 5.16. The number of amides is 2. The van der Waals surface area contributed by atoms with Crippen LogP contribution < -0.4 is 10.0 Å². The van der Waals surface area contributed by atoms with Crippen LogP contribution in [-0.2, 0) is 35.5 Å². The molecule has 0 saturated carbocycles. The number of aromatic amines is 1. The number of piperidine rings is 1. The van der Waals surface area contributed by atoms with Crippen LogP contribution in [0.2, 0.25) is 0 Å². The van der Waals surface area contributed by atoms with Crippen LogP contribution in [0.4, 0.5) is 5.69 Å². The molecule has 1 aliphatic rings. The van der Waals surface area contributed by atoms with Gasteiger partial charge in [-0.2, -0.15) is 4.72 Å². The van der Waals surface area contributed by atoms with E-state index in [4.69, 9.17) is 9.47 Å². The van der Waals surface area contributed by atoms with Gasteiger partial charge < -0.3 is 24.7 Å².